The second kappa shape index (κ2) is 10.5. The first kappa shape index (κ1) is 24.1. The molecule has 2 N–H and O–H groups in total. The van der Waals surface area contributed by atoms with E-state index in [4.69, 9.17) is 11.6 Å². The van der Waals surface area contributed by atoms with Gasteiger partial charge >= 0.3 is 0 Å². The maximum Gasteiger partial charge on any atom is 0.258 e. The Morgan fingerprint density at radius 1 is 0.946 bits per heavy atom. The number of hydrogen-bond acceptors (Lipinski definition) is 6. The van der Waals surface area contributed by atoms with Crippen molar-refractivity contribution in [3.05, 3.63) is 113 Å². The highest BCUT2D eigenvalue weighted by Crippen LogP contribution is 2.26. The molecule has 1 atom stereocenters. The molecule has 4 aromatic rings. The number of hydrogen-bond donors (Lipinski definition) is 2. The van der Waals surface area contributed by atoms with Gasteiger partial charge in [0.2, 0.25) is 5.91 Å². The van der Waals surface area contributed by atoms with Gasteiger partial charge in [-0.1, -0.05) is 29.8 Å². The van der Waals surface area contributed by atoms with E-state index in [1.807, 2.05) is 6.07 Å². The molecule has 3 amide bonds. The fourth-order valence-electron chi connectivity index (χ4n) is 4.08. The molecule has 3 aromatic heterocycles. The number of rotatable bonds is 6. The van der Waals surface area contributed by atoms with Crippen LogP contribution in [0, 0.1) is 0 Å². The molecule has 1 aliphatic heterocycles. The predicted molar refractivity (Wildman–Crippen MR) is 138 cm³/mol. The smallest absolute Gasteiger partial charge is 0.258 e. The van der Waals surface area contributed by atoms with Crippen LogP contribution in [0.15, 0.2) is 85.3 Å². The van der Waals surface area contributed by atoms with Crippen LogP contribution in [-0.4, -0.2) is 43.6 Å². The Morgan fingerprint density at radius 2 is 1.73 bits per heavy atom. The minimum Gasteiger partial charge on any atom is -0.322 e. The first-order valence-corrected chi connectivity index (χ1v) is 11.8. The molecule has 1 unspecified atom stereocenters. The lowest BCUT2D eigenvalue weighted by Gasteiger charge is -2.28. The average molecular weight is 513 g/mol. The molecule has 0 bridgehead atoms. The molecule has 0 saturated heterocycles. The lowest BCUT2D eigenvalue weighted by Crippen LogP contribution is -2.46. The normalized spacial score (nSPS) is 14.9. The monoisotopic (exact) mass is 512 g/mol. The second-order valence-electron chi connectivity index (χ2n) is 8.35. The minimum atomic E-state index is -0.845. The van der Waals surface area contributed by atoms with E-state index in [1.54, 1.807) is 73.1 Å². The van der Waals surface area contributed by atoms with Crippen LogP contribution in [-0.2, 0) is 17.8 Å². The number of pyridine rings is 3. The molecular weight excluding hydrogens is 492 g/mol. The third-order valence-electron chi connectivity index (χ3n) is 5.89. The summed E-state index contributed by atoms with van der Waals surface area (Å²) in [4.78, 5) is 53.7. The molecule has 9 nitrogen and oxygen atoms in total. The molecule has 0 spiro atoms. The molecule has 1 aliphatic rings. The highest BCUT2D eigenvalue weighted by atomic mass is 35.5. The van der Waals surface area contributed by atoms with E-state index in [0.29, 0.717) is 17.1 Å². The Balaban J connectivity index is 1.44. The number of carbonyl (C=O) groups excluding carboxylic acids is 3. The van der Waals surface area contributed by atoms with Crippen LogP contribution in [0.1, 0.15) is 32.0 Å². The average Bonchev–Trinajstić information content (AvgIpc) is 3.00. The Hall–Kier alpha value is -4.63. The summed E-state index contributed by atoms with van der Waals surface area (Å²) in [7, 11) is 0. The predicted octanol–water partition coefficient (Wildman–Crippen LogP) is 3.98. The second-order valence-corrected chi connectivity index (χ2v) is 8.75. The minimum absolute atomic E-state index is 0.0833. The number of nitrogens with zero attached hydrogens (tertiary/aromatic N) is 4. The molecule has 37 heavy (non-hydrogen) atoms. The summed E-state index contributed by atoms with van der Waals surface area (Å²) in [5, 5.41) is 5.68. The van der Waals surface area contributed by atoms with Crippen LogP contribution in [0.5, 0.6) is 0 Å². The maximum absolute atomic E-state index is 13.6. The molecule has 184 valence electrons. The first-order chi connectivity index (χ1) is 18.0. The maximum atomic E-state index is 13.6. The van der Waals surface area contributed by atoms with E-state index in [-0.39, 0.29) is 46.7 Å². The van der Waals surface area contributed by atoms with Crippen LogP contribution >= 0.6 is 11.6 Å². The molecule has 0 fully saturated rings. The van der Waals surface area contributed by atoms with Gasteiger partial charge in [0, 0.05) is 37.3 Å². The van der Waals surface area contributed by atoms with Crippen molar-refractivity contribution in [2.75, 3.05) is 10.6 Å². The van der Waals surface area contributed by atoms with Crippen molar-refractivity contribution in [1.82, 2.24) is 19.9 Å². The zero-order chi connectivity index (χ0) is 25.8. The van der Waals surface area contributed by atoms with Gasteiger partial charge in [0.1, 0.15) is 17.7 Å². The van der Waals surface area contributed by atoms with E-state index in [1.165, 1.54) is 11.1 Å². The summed E-state index contributed by atoms with van der Waals surface area (Å²) in [5.41, 5.74) is 1.87. The highest BCUT2D eigenvalue weighted by molar-refractivity contribution is 6.34. The van der Waals surface area contributed by atoms with Crippen molar-refractivity contribution in [3.8, 4) is 0 Å². The zero-order valence-corrected chi connectivity index (χ0v) is 20.2. The number of fused-ring (bicyclic) bond motifs is 1. The van der Waals surface area contributed by atoms with E-state index in [9.17, 15) is 14.4 Å². The van der Waals surface area contributed by atoms with Crippen molar-refractivity contribution in [3.63, 3.8) is 0 Å². The lowest BCUT2D eigenvalue weighted by atomic mass is 10.0. The number of benzene rings is 1. The van der Waals surface area contributed by atoms with Crippen LogP contribution in [0.3, 0.4) is 0 Å². The number of carbonyl (C=O) groups is 3. The SMILES string of the molecule is O=C(Nc1ccccn1)c1ccc(CN2C(=O)c3cccnc3NC(=O)C2Cc2ccccn2)cc1Cl. The lowest BCUT2D eigenvalue weighted by molar-refractivity contribution is -0.120. The van der Waals surface area contributed by atoms with Crippen molar-refractivity contribution in [2.24, 2.45) is 0 Å². The van der Waals surface area contributed by atoms with E-state index >= 15 is 0 Å². The summed E-state index contributed by atoms with van der Waals surface area (Å²) in [5.74, 6) is -0.512. The summed E-state index contributed by atoms with van der Waals surface area (Å²) in [6, 6.07) is 17.9. The van der Waals surface area contributed by atoms with Gasteiger partial charge < -0.3 is 15.5 Å². The topological polar surface area (TPSA) is 117 Å². The molecule has 4 heterocycles. The van der Waals surface area contributed by atoms with Gasteiger partial charge in [0.05, 0.1) is 16.1 Å². The largest absolute Gasteiger partial charge is 0.322 e. The van der Waals surface area contributed by atoms with Gasteiger partial charge in [-0.2, -0.15) is 0 Å². The van der Waals surface area contributed by atoms with Gasteiger partial charge in [0.25, 0.3) is 11.8 Å². The third-order valence-corrected chi connectivity index (χ3v) is 6.20. The summed E-state index contributed by atoms with van der Waals surface area (Å²) in [6.07, 6.45) is 4.94. The number of anilines is 2. The molecule has 0 saturated carbocycles. The summed E-state index contributed by atoms with van der Waals surface area (Å²) < 4.78 is 0. The molecule has 5 rings (SSSR count). The number of halogens is 1. The van der Waals surface area contributed by atoms with Crippen LogP contribution in [0.2, 0.25) is 5.02 Å². The number of amides is 3. The van der Waals surface area contributed by atoms with Gasteiger partial charge in [-0.15, -0.1) is 0 Å². The summed E-state index contributed by atoms with van der Waals surface area (Å²) >= 11 is 6.47. The molecule has 1 aromatic carbocycles. The Labute approximate surface area is 217 Å². The van der Waals surface area contributed by atoms with Crippen LogP contribution in [0.25, 0.3) is 0 Å². The van der Waals surface area contributed by atoms with Gasteiger partial charge in [0.15, 0.2) is 0 Å². The molecular formula is C27H21ClN6O3. The van der Waals surface area contributed by atoms with Crippen LogP contribution in [0.4, 0.5) is 11.6 Å². The van der Waals surface area contributed by atoms with Crippen LogP contribution < -0.4 is 10.6 Å². The zero-order valence-electron chi connectivity index (χ0n) is 19.5. The third kappa shape index (κ3) is 5.31. The molecule has 10 heteroatoms. The Morgan fingerprint density at radius 3 is 2.46 bits per heavy atom. The van der Waals surface area contributed by atoms with Crippen molar-refractivity contribution < 1.29 is 14.4 Å². The van der Waals surface area contributed by atoms with E-state index < -0.39 is 11.9 Å². The van der Waals surface area contributed by atoms with Crippen molar-refractivity contribution in [2.45, 2.75) is 19.0 Å². The fraction of sp³-hybridized carbons (Fsp3) is 0.111. The van der Waals surface area contributed by atoms with Crippen molar-refractivity contribution in [1.29, 1.82) is 0 Å². The molecule has 0 radical (unpaired) electrons. The first-order valence-electron chi connectivity index (χ1n) is 11.5. The van der Waals surface area contributed by atoms with Gasteiger partial charge in [-0.3, -0.25) is 19.4 Å². The highest BCUT2D eigenvalue weighted by Gasteiger charge is 2.36. The Bertz CT molecular complexity index is 1470. The molecule has 0 aliphatic carbocycles. The van der Waals surface area contributed by atoms with Gasteiger partial charge in [-0.25, -0.2) is 9.97 Å². The quantitative estimate of drug-likeness (QED) is 0.403. The van der Waals surface area contributed by atoms with E-state index in [0.717, 1.165) is 0 Å². The summed E-state index contributed by atoms with van der Waals surface area (Å²) in [6.45, 7) is 0.0833. The fourth-order valence-corrected chi connectivity index (χ4v) is 4.36. The standard InChI is InChI=1S/C27H21ClN6O3/c28-21-14-17(9-10-19(21)25(35)32-23-8-2-4-12-30-23)16-34-22(15-18-6-1-3-11-29-18)26(36)33-24-20(27(34)37)7-5-13-31-24/h1-14,22H,15-16H2,(H,30,32,35)(H,31,33,36). The van der Waals surface area contributed by atoms with Crippen molar-refractivity contribution >= 4 is 41.0 Å². The number of nitrogens with one attached hydrogen (secondary N) is 2. The van der Waals surface area contributed by atoms with E-state index in [2.05, 4.69) is 25.6 Å². The van der Waals surface area contributed by atoms with Gasteiger partial charge in [-0.05, 0) is 54.1 Å². The number of aromatic nitrogens is 3. The Kier molecular flexibility index (Phi) is 6.87.